The first-order valence-corrected chi connectivity index (χ1v) is 14.9. The lowest BCUT2D eigenvalue weighted by molar-refractivity contribution is 0.0926. The molecule has 0 radical (unpaired) electrons. The smallest absolute Gasteiger partial charge is 0.407 e. The van der Waals surface area contributed by atoms with E-state index < -0.39 is 12.0 Å². The zero-order chi connectivity index (χ0) is 31.9. The summed E-state index contributed by atoms with van der Waals surface area (Å²) in [5.41, 5.74) is 7.12. The van der Waals surface area contributed by atoms with E-state index in [1.54, 1.807) is 6.33 Å². The maximum atomic E-state index is 12.8. The van der Waals surface area contributed by atoms with Crippen molar-refractivity contribution in [2.45, 2.75) is 46.1 Å². The van der Waals surface area contributed by atoms with Crippen molar-refractivity contribution in [2.24, 2.45) is 0 Å². The van der Waals surface area contributed by atoms with Gasteiger partial charge in [0.1, 0.15) is 12.0 Å². The van der Waals surface area contributed by atoms with E-state index in [9.17, 15) is 14.7 Å². The Morgan fingerprint density at radius 3 is 2.36 bits per heavy atom. The predicted molar refractivity (Wildman–Crippen MR) is 170 cm³/mol. The number of fused-ring (bicyclic) bond motifs is 1. The number of benzene rings is 2. The molecule has 232 valence electrons. The number of anilines is 1. The summed E-state index contributed by atoms with van der Waals surface area (Å²) >= 11 is 0. The Balaban J connectivity index is 1.18. The molecular formula is C33H36N8O4. The second-order valence-corrected chi connectivity index (χ2v) is 12.4. The van der Waals surface area contributed by atoms with Crippen LogP contribution in [-0.4, -0.2) is 73.3 Å². The maximum Gasteiger partial charge on any atom is 0.407 e. The number of amides is 2. The van der Waals surface area contributed by atoms with Crippen molar-refractivity contribution in [1.29, 1.82) is 0 Å². The highest BCUT2D eigenvalue weighted by molar-refractivity contribution is 5.94. The number of carbonyl (C=O) groups excluding carboxylic acids is 1. The molecule has 2 amide bonds. The number of carbonyl (C=O) groups is 2. The zero-order valence-corrected chi connectivity index (χ0v) is 26.0. The number of aryl methyl sites for hydroxylation is 1. The fourth-order valence-corrected chi connectivity index (χ4v) is 5.60. The van der Waals surface area contributed by atoms with Crippen LogP contribution in [0.4, 0.5) is 10.5 Å². The van der Waals surface area contributed by atoms with Gasteiger partial charge in [-0.2, -0.15) is 4.98 Å². The fraction of sp³-hybridized carbons (Fsp3) is 0.333. The van der Waals surface area contributed by atoms with Gasteiger partial charge in [-0.05, 0) is 54.8 Å². The first kappa shape index (κ1) is 29.8. The van der Waals surface area contributed by atoms with Crippen molar-refractivity contribution in [1.82, 2.24) is 35.3 Å². The number of H-pyrrole nitrogens is 1. The summed E-state index contributed by atoms with van der Waals surface area (Å²) in [6, 6.07) is 16.1. The number of nitrogens with zero attached hydrogens (tertiary/aromatic N) is 6. The van der Waals surface area contributed by atoms with Crippen molar-refractivity contribution >= 4 is 28.7 Å². The lowest BCUT2D eigenvalue weighted by atomic mass is 9.97. The lowest BCUT2D eigenvalue weighted by Gasteiger charge is -2.34. The van der Waals surface area contributed by atoms with E-state index in [0.29, 0.717) is 32.1 Å². The van der Waals surface area contributed by atoms with Gasteiger partial charge in [-0.3, -0.25) is 4.79 Å². The predicted octanol–water partition coefficient (Wildman–Crippen LogP) is 5.57. The average Bonchev–Trinajstić information content (AvgIpc) is 3.70. The van der Waals surface area contributed by atoms with Crippen LogP contribution in [0.1, 0.15) is 61.4 Å². The van der Waals surface area contributed by atoms with Crippen LogP contribution in [0, 0.1) is 6.92 Å². The summed E-state index contributed by atoms with van der Waals surface area (Å²) in [4.78, 5) is 44.5. The second-order valence-electron chi connectivity index (χ2n) is 12.4. The molecule has 12 heteroatoms. The van der Waals surface area contributed by atoms with Gasteiger partial charge in [0.05, 0.1) is 11.7 Å². The molecule has 45 heavy (non-hydrogen) atoms. The Bertz CT molecular complexity index is 1860. The standard InChI is InChI=1S/C33H36N8O4/c1-19-16-22(8-11-24(19)20(2)36-30(42)29-38-31(45-39-29)33(3,4)5)27-25-17-26(37-28(25)35-18-34-27)21-6-9-23(10-7-21)40-12-14-41(15-13-40)32(43)44/h6-11,16-18,20H,12-15H2,1-5H3,(H,36,42)(H,43,44)(H,34,35,37). The van der Waals surface area contributed by atoms with Gasteiger partial charge in [0.15, 0.2) is 0 Å². The van der Waals surface area contributed by atoms with Crippen LogP contribution in [0.3, 0.4) is 0 Å². The number of aromatic nitrogens is 5. The van der Waals surface area contributed by atoms with Gasteiger partial charge >= 0.3 is 6.09 Å². The van der Waals surface area contributed by atoms with E-state index in [1.807, 2.05) is 46.8 Å². The SMILES string of the molecule is Cc1cc(-c2ncnc3[nH]c(-c4ccc(N5CCN(C(=O)O)CC5)cc4)cc23)ccc1C(C)NC(=O)c1noc(C(C)(C)C)n1. The number of hydrogen-bond acceptors (Lipinski definition) is 8. The minimum atomic E-state index is -0.868. The molecule has 0 aliphatic carbocycles. The number of nitrogens with one attached hydrogen (secondary N) is 2. The largest absolute Gasteiger partial charge is 0.465 e. The van der Waals surface area contributed by atoms with Crippen LogP contribution in [0.2, 0.25) is 0 Å². The van der Waals surface area contributed by atoms with Gasteiger partial charge < -0.3 is 29.7 Å². The van der Waals surface area contributed by atoms with Crippen molar-refractivity contribution < 1.29 is 19.2 Å². The monoisotopic (exact) mass is 608 g/mol. The first-order chi connectivity index (χ1) is 21.5. The second kappa shape index (κ2) is 11.7. The number of hydrogen-bond donors (Lipinski definition) is 3. The Labute approximate surface area is 260 Å². The Morgan fingerprint density at radius 2 is 1.71 bits per heavy atom. The van der Waals surface area contributed by atoms with Gasteiger partial charge in [-0.1, -0.05) is 50.2 Å². The molecule has 1 atom stereocenters. The molecule has 6 rings (SSSR count). The van der Waals surface area contributed by atoms with Gasteiger partial charge in [-0.25, -0.2) is 14.8 Å². The normalized spacial score (nSPS) is 14.5. The van der Waals surface area contributed by atoms with Crippen LogP contribution in [-0.2, 0) is 5.41 Å². The van der Waals surface area contributed by atoms with Crippen molar-refractivity contribution in [3.8, 4) is 22.5 Å². The lowest BCUT2D eigenvalue weighted by Crippen LogP contribution is -2.48. The zero-order valence-electron chi connectivity index (χ0n) is 26.0. The highest BCUT2D eigenvalue weighted by Crippen LogP contribution is 2.32. The minimum Gasteiger partial charge on any atom is -0.465 e. The third kappa shape index (κ3) is 6.08. The number of carboxylic acid groups (broad SMARTS) is 1. The van der Waals surface area contributed by atoms with E-state index >= 15 is 0 Å². The molecule has 1 fully saturated rings. The third-order valence-electron chi connectivity index (χ3n) is 8.15. The molecule has 0 spiro atoms. The summed E-state index contributed by atoms with van der Waals surface area (Å²) in [5.74, 6) is 0.0347. The molecule has 1 aliphatic rings. The molecule has 1 saturated heterocycles. The van der Waals surface area contributed by atoms with Gasteiger partial charge in [0, 0.05) is 53.9 Å². The van der Waals surface area contributed by atoms with Crippen molar-refractivity contribution in [3.05, 3.63) is 77.7 Å². The van der Waals surface area contributed by atoms with E-state index in [-0.39, 0.29) is 17.3 Å². The minimum absolute atomic E-state index is 0.0147. The molecule has 5 aromatic rings. The van der Waals surface area contributed by atoms with Gasteiger partial charge in [-0.15, -0.1) is 0 Å². The Morgan fingerprint density at radius 1 is 1.00 bits per heavy atom. The molecule has 1 aliphatic heterocycles. The molecule has 3 aromatic heterocycles. The van der Waals surface area contributed by atoms with Gasteiger partial charge in [0.2, 0.25) is 5.89 Å². The third-order valence-corrected chi connectivity index (χ3v) is 8.15. The molecule has 2 aromatic carbocycles. The fourth-order valence-electron chi connectivity index (χ4n) is 5.60. The number of aromatic amines is 1. The van der Waals surface area contributed by atoms with Gasteiger partial charge in [0.25, 0.3) is 11.7 Å². The Hall–Kier alpha value is -5.26. The van der Waals surface area contributed by atoms with E-state index in [0.717, 1.165) is 50.4 Å². The van der Waals surface area contributed by atoms with Crippen LogP contribution >= 0.6 is 0 Å². The maximum absolute atomic E-state index is 12.8. The Kier molecular flexibility index (Phi) is 7.73. The van der Waals surface area contributed by atoms with Crippen LogP contribution in [0.25, 0.3) is 33.5 Å². The summed E-state index contributed by atoms with van der Waals surface area (Å²) in [6.07, 6.45) is 0.688. The molecule has 3 N–H and O–H groups in total. The molecule has 0 saturated carbocycles. The van der Waals surface area contributed by atoms with Crippen LogP contribution in [0.5, 0.6) is 0 Å². The van der Waals surface area contributed by atoms with E-state index in [1.165, 1.54) is 4.90 Å². The van der Waals surface area contributed by atoms with Crippen LogP contribution < -0.4 is 10.2 Å². The van der Waals surface area contributed by atoms with E-state index in [4.69, 9.17) is 4.52 Å². The van der Waals surface area contributed by atoms with Crippen molar-refractivity contribution in [3.63, 3.8) is 0 Å². The molecule has 12 nitrogen and oxygen atoms in total. The number of rotatable bonds is 6. The topological polar surface area (TPSA) is 153 Å². The summed E-state index contributed by atoms with van der Waals surface area (Å²) < 4.78 is 5.27. The summed E-state index contributed by atoms with van der Waals surface area (Å²) in [7, 11) is 0. The summed E-state index contributed by atoms with van der Waals surface area (Å²) in [5, 5.41) is 17.0. The van der Waals surface area contributed by atoms with Crippen LogP contribution in [0.15, 0.2) is 59.4 Å². The highest BCUT2D eigenvalue weighted by Gasteiger charge is 2.25. The molecule has 1 unspecified atom stereocenters. The quantitative estimate of drug-likeness (QED) is 0.224. The van der Waals surface area contributed by atoms with E-state index in [2.05, 4.69) is 71.7 Å². The highest BCUT2D eigenvalue weighted by atomic mass is 16.5. The molecule has 4 heterocycles. The average molecular weight is 609 g/mol. The number of piperazine rings is 1. The summed E-state index contributed by atoms with van der Waals surface area (Å²) in [6.45, 7) is 12.1. The molecule has 0 bridgehead atoms. The molecular weight excluding hydrogens is 572 g/mol. The van der Waals surface area contributed by atoms with Crippen molar-refractivity contribution in [2.75, 3.05) is 31.1 Å². The first-order valence-electron chi connectivity index (χ1n) is 14.9.